The Balaban J connectivity index is 0.00000289. The van der Waals surface area contributed by atoms with Gasteiger partial charge in [0.25, 0.3) is 0 Å². The molecule has 1 saturated carbocycles. The van der Waals surface area contributed by atoms with Crippen molar-refractivity contribution in [3.8, 4) is 22.6 Å². The van der Waals surface area contributed by atoms with Crippen LogP contribution in [-0.4, -0.2) is 35.5 Å². The van der Waals surface area contributed by atoms with Gasteiger partial charge in [0.15, 0.2) is 0 Å². The minimum absolute atomic E-state index is 0. The van der Waals surface area contributed by atoms with Gasteiger partial charge in [-0.1, -0.05) is 26.2 Å². The van der Waals surface area contributed by atoms with E-state index in [1.807, 2.05) is 12.3 Å². The number of aromatic nitrogens is 1. The van der Waals surface area contributed by atoms with Gasteiger partial charge in [-0.25, -0.2) is 0 Å². The summed E-state index contributed by atoms with van der Waals surface area (Å²) in [5.74, 6) is 2.47. The zero-order valence-electron chi connectivity index (χ0n) is 21.3. The third-order valence-corrected chi connectivity index (χ3v) is 7.67. The zero-order valence-corrected chi connectivity index (χ0v) is 22.2. The highest BCUT2D eigenvalue weighted by molar-refractivity contribution is 5.85. The maximum absolute atomic E-state index is 13.0. The topological polar surface area (TPSA) is 51.7 Å². The molecule has 0 radical (unpaired) electrons. The fourth-order valence-electron chi connectivity index (χ4n) is 5.56. The molecule has 0 amide bonds. The predicted octanol–water partition coefficient (Wildman–Crippen LogP) is 6.87. The van der Waals surface area contributed by atoms with E-state index in [2.05, 4.69) is 42.8 Å². The molecule has 1 aromatic heterocycles. The smallest absolute Gasteiger partial charge is 0.311 e. The van der Waals surface area contributed by atoms with Crippen LogP contribution < -0.4 is 9.47 Å². The molecule has 2 aliphatic heterocycles. The Kier molecular flexibility index (Phi) is 8.07. The fraction of sp³-hybridized carbons (Fsp3) is 0.586. The van der Waals surface area contributed by atoms with Crippen molar-refractivity contribution in [2.24, 2.45) is 5.92 Å². The van der Waals surface area contributed by atoms with Gasteiger partial charge in [-0.05, 0) is 94.8 Å². The lowest BCUT2D eigenvalue weighted by Crippen LogP contribution is -2.31. The average molecular weight is 499 g/mol. The lowest BCUT2D eigenvalue weighted by molar-refractivity contribution is -0.134. The number of hydrogen-bond acceptors (Lipinski definition) is 5. The molecule has 1 aromatic carbocycles. The summed E-state index contributed by atoms with van der Waals surface area (Å²) in [5.41, 5.74) is 3.63. The Labute approximate surface area is 216 Å². The second kappa shape index (κ2) is 10.9. The summed E-state index contributed by atoms with van der Waals surface area (Å²) in [6.45, 7) is 9.72. The molecule has 3 aliphatic rings. The summed E-state index contributed by atoms with van der Waals surface area (Å²) in [6, 6.07) is 6.24. The Morgan fingerprint density at radius 2 is 2.00 bits per heavy atom. The molecule has 1 unspecified atom stereocenters. The highest BCUT2D eigenvalue weighted by Gasteiger charge is 2.36. The van der Waals surface area contributed by atoms with E-state index in [-0.39, 0.29) is 18.4 Å². The molecule has 35 heavy (non-hydrogen) atoms. The van der Waals surface area contributed by atoms with Gasteiger partial charge in [-0.15, -0.1) is 12.4 Å². The summed E-state index contributed by atoms with van der Waals surface area (Å²) in [7, 11) is 0. The van der Waals surface area contributed by atoms with Gasteiger partial charge in [-0.3, -0.25) is 9.78 Å². The van der Waals surface area contributed by atoms with Gasteiger partial charge in [-0.2, -0.15) is 0 Å². The number of halogens is 1. The molecule has 5 rings (SSSR count). The molecule has 5 nitrogen and oxygen atoms in total. The van der Waals surface area contributed by atoms with Crippen molar-refractivity contribution in [3.63, 3.8) is 0 Å². The number of carbonyl (C=O) groups is 1. The van der Waals surface area contributed by atoms with Gasteiger partial charge < -0.3 is 14.4 Å². The van der Waals surface area contributed by atoms with Crippen molar-refractivity contribution >= 4 is 18.4 Å². The summed E-state index contributed by atoms with van der Waals surface area (Å²) < 4.78 is 12.6. The van der Waals surface area contributed by atoms with Crippen LogP contribution in [-0.2, 0) is 10.4 Å². The summed E-state index contributed by atoms with van der Waals surface area (Å²) in [6.07, 6.45) is 12.6. The number of fused-ring (bicyclic) bond motifs is 3. The maximum Gasteiger partial charge on any atom is 0.311 e. The highest BCUT2D eigenvalue weighted by Crippen LogP contribution is 2.51. The summed E-state index contributed by atoms with van der Waals surface area (Å²) >= 11 is 0. The number of rotatable bonds is 8. The van der Waals surface area contributed by atoms with Crippen LogP contribution in [0.1, 0.15) is 89.2 Å². The second-order valence-corrected chi connectivity index (χ2v) is 11.0. The van der Waals surface area contributed by atoms with Crippen LogP contribution in [0.15, 0.2) is 30.6 Å². The van der Waals surface area contributed by atoms with Crippen LogP contribution in [0.4, 0.5) is 0 Å². The summed E-state index contributed by atoms with van der Waals surface area (Å²) in [5, 5.41) is 0. The molecule has 6 heteroatoms. The van der Waals surface area contributed by atoms with Crippen LogP contribution in [0, 0.1) is 5.92 Å². The van der Waals surface area contributed by atoms with Crippen LogP contribution in [0.5, 0.6) is 11.5 Å². The third kappa shape index (κ3) is 6.00. The van der Waals surface area contributed by atoms with Gasteiger partial charge in [0.2, 0.25) is 0 Å². The molecule has 190 valence electrons. The Morgan fingerprint density at radius 1 is 1.23 bits per heavy atom. The van der Waals surface area contributed by atoms with Crippen LogP contribution in [0.2, 0.25) is 0 Å². The standard InChI is InChI=1S/C29H38N2O3.ClH/c1-20(16-21-9-10-21)22-17-25(33-27(32)8-7-15-31-13-5-4-6-14-31)28-23-19-30-12-11-24(23)29(2,3)34-26(28)18-22;/h11-12,17-21H,4-10,13-16H2,1-3H3;1H. The average Bonchev–Trinajstić information content (AvgIpc) is 3.63. The fourth-order valence-corrected chi connectivity index (χ4v) is 5.56. The van der Waals surface area contributed by atoms with Crippen LogP contribution in [0.3, 0.4) is 0 Å². The van der Waals surface area contributed by atoms with Gasteiger partial charge in [0.1, 0.15) is 17.1 Å². The van der Waals surface area contributed by atoms with Crippen molar-refractivity contribution in [3.05, 3.63) is 41.7 Å². The number of benzene rings is 1. The van der Waals surface area contributed by atoms with Gasteiger partial charge in [0, 0.05) is 29.9 Å². The number of pyridine rings is 1. The molecule has 1 saturated heterocycles. The number of carbonyl (C=O) groups excluding carboxylic acids is 1. The first-order valence-electron chi connectivity index (χ1n) is 13.2. The van der Waals surface area contributed by atoms with Gasteiger partial charge >= 0.3 is 5.97 Å². The quantitative estimate of drug-likeness (QED) is 0.293. The molecular formula is C29H39ClN2O3. The number of hydrogen-bond donors (Lipinski definition) is 0. The van der Waals surface area contributed by atoms with E-state index in [0.29, 0.717) is 18.1 Å². The molecule has 1 atom stereocenters. The largest absolute Gasteiger partial charge is 0.482 e. The van der Waals surface area contributed by atoms with E-state index in [0.717, 1.165) is 54.4 Å². The van der Waals surface area contributed by atoms with Crippen molar-refractivity contribution in [2.45, 2.75) is 83.7 Å². The number of nitrogens with zero attached hydrogens (tertiary/aromatic N) is 2. The Morgan fingerprint density at radius 3 is 2.74 bits per heavy atom. The monoisotopic (exact) mass is 498 g/mol. The molecular weight excluding hydrogens is 460 g/mol. The van der Waals surface area contributed by atoms with E-state index in [4.69, 9.17) is 9.47 Å². The molecule has 0 bridgehead atoms. The summed E-state index contributed by atoms with van der Waals surface area (Å²) in [4.78, 5) is 19.8. The van der Waals surface area contributed by atoms with E-state index < -0.39 is 5.60 Å². The van der Waals surface area contributed by atoms with Crippen LogP contribution in [0.25, 0.3) is 11.1 Å². The van der Waals surface area contributed by atoms with E-state index in [1.54, 1.807) is 6.20 Å². The lowest BCUT2D eigenvalue weighted by Gasteiger charge is -2.35. The normalized spacial score (nSPS) is 19.5. The molecule has 0 N–H and O–H groups in total. The molecule has 1 aliphatic carbocycles. The zero-order chi connectivity index (χ0) is 23.7. The first kappa shape index (κ1) is 26.0. The number of piperidine rings is 1. The SMILES string of the molecule is CC(CC1CC1)c1cc(OC(=O)CCCN2CCCCC2)c2c(c1)OC(C)(C)c1ccncc1-2.Cl. The number of likely N-dealkylation sites (tertiary alicyclic amines) is 1. The van der Waals surface area contributed by atoms with Crippen LogP contribution >= 0.6 is 12.4 Å². The number of esters is 1. The first-order chi connectivity index (χ1) is 16.4. The Bertz CT molecular complexity index is 1040. The number of ether oxygens (including phenoxy) is 2. The predicted molar refractivity (Wildman–Crippen MR) is 141 cm³/mol. The van der Waals surface area contributed by atoms with E-state index in [9.17, 15) is 4.79 Å². The lowest BCUT2D eigenvalue weighted by atomic mass is 9.85. The highest BCUT2D eigenvalue weighted by atomic mass is 35.5. The minimum atomic E-state index is -0.473. The first-order valence-corrected chi connectivity index (χ1v) is 13.2. The third-order valence-electron chi connectivity index (χ3n) is 7.67. The molecule has 3 heterocycles. The van der Waals surface area contributed by atoms with Crippen molar-refractivity contribution in [2.75, 3.05) is 19.6 Å². The molecule has 2 fully saturated rings. The van der Waals surface area contributed by atoms with Crippen molar-refractivity contribution in [1.29, 1.82) is 0 Å². The van der Waals surface area contributed by atoms with E-state index >= 15 is 0 Å². The molecule has 0 spiro atoms. The Hall–Kier alpha value is -2.11. The molecule has 2 aromatic rings. The second-order valence-electron chi connectivity index (χ2n) is 11.0. The maximum atomic E-state index is 13.0. The van der Waals surface area contributed by atoms with E-state index in [1.165, 1.54) is 44.1 Å². The minimum Gasteiger partial charge on any atom is -0.482 e. The van der Waals surface area contributed by atoms with Crippen molar-refractivity contribution in [1.82, 2.24) is 9.88 Å². The van der Waals surface area contributed by atoms with Gasteiger partial charge in [0.05, 0.1) is 5.56 Å². The van der Waals surface area contributed by atoms with Crippen molar-refractivity contribution < 1.29 is 14.3 Å².